The molecule has 2 aliphatic rings. The monoisotopic (exact) mass is 643 g/mol. The van der Waals surface area contributed by atoms with Crippen molar-refractivity contribution in [1.29, 1.82) is 0 Å². The minimum atomic E-state index is -0.581. The predicted octanol–water partition coefficient (Wildman–Crippen LogP) is 6.24. The Hall–Kier alpha value is -2.98. The number of hydrogen-bond acceptors (Lipinski definition) is 7. The average Bonchev–Trinajstić information content (AvgIpc) is 3.29. The summed E-state index contributed by atoms with van der Waals surface area (Å²) in [4.78, 5) is 32.7. The van der Waals surface area contributed by atoms with E-state index >= 15 is 0 Å². The summed E-state index contributed by atoms with van der Waals surface area (Å²) in [6, 6.07) is 12.8. The molecule has 1 atom stereocenters. The summed E-state index contributed by atoms with van der Waals surface area (Å²) in [5, 5.41) is 7.15. The number of halogens is 2. The smallest absolute Gasteiger partial charge is 0.275 e. The molecule has 1 heterocycles. The van der Waals surface area contributed by atoms with Crippen molar-refractivity contribution in [2.75, 3.05) is 13.6 Å². The van der Waals surface area contributed by atoms with Gasteiger partial charge in [0.1, 0.15) is 23.5 Å². The number of carbonyl (C=O) groups excluding carboxylic acids is 2. The third kappa shape index (κ3) is 8.18. The highest BCUT2D eigenvalue weighted by molar-refractivity contribution is 6.48. The molecule has 0 unspecified atom stereocenters. The first-order chi connectivity index (χ1) is 21.0. The quantitative estimate of drug-likeness (QED) is 0.0751. The van der Waals surface area contributed by atoms with Crippen LogP contribution < -0.4 is 22.4 Å². The normalized spacial score (nSPS) is 21.0. The SMILES string of the molecule is CCC[C@H](c1ccc(C=O)cc1)N1C(=O)C(c2ccc(Cl)c(Cl)c2)=NC12CCC(C(C)(C)CC)CC2.CNC/C(N)=N/NN. The number of hydrogen-bond donors (Lipinski definition) is 4. The van der Waals surface area contributed by atoms with Gasteiger partial charge in [0.2, 0.25) is 0 Å². The maximum Gasteiger partial charge on any atom is 0.275 e. The molecule has 0 saturated heterocycles. The fourth-order valence-corrected chi connectivity index (χ4v) is 6.50. The zero-order chi connectivity index (χ0) is 32.5. The van der Waals surface area contributed by atoms with Crippen molar-refractivity contribution in [2.45, 2.75) is 84.3 Å². The lowest BCUT2D eigenvalue weighted by molar-refractivity contribution is -0.133. The van der Waals surface area contributed by atoms with Gasteiger partial charge < -0.3 is 16.0 Å². The van der Waals surface area contributed by atoms with Crippen molar-refractivity contribution in [3.05, 3.63) is 69.2 Å². The molecule has 0 bridgehead atoms. The van der Waals surface area contributed by atoms with Crippen molar-refractivity contribution in [3.63, 3.8) is 0 Å². The van der Waals surface area contributed by atoms with E-state index in [1.54, 1.807) is 19.2 Å². The second kappa shape index (κ2) is 15.8. The Morgan fingerprint density at radius 2 is 1.82 bits per heavy atom. The number of benzene rings is 2. The third-order valence-electron chi connectivity index (χ3n) is 9.08. The molecule has 1 saturated carbocycles. The van der Waals surface area contributed by atoms with Crippen LogP contribution >= 0.6 is 23.2 Å². The van der Waals surface area contributed by atoms with Crippen molar-refractivity contribution in [2.24, 2.45) is 33.0 Å². The Morgan fingerprint density at radius 1 is 1.16 bits per heavy atom. The zero-order valence-corrected chi connectivity index (χ0v) is 28.0. The first kappa shape index (κ1) is 35.5. The van der Waals surface area contributed by atoms with Gasteiger partial charge in [0.05, 0.1) is 22.6 Å². The third-order valence-corrected chi connectivity index (χ3v) is 9.82. The molecular formula is C33H47Cl2N7O2. The van der Waals surface area contributed by atoms with Crippen LogP contribution in [0.5, 0.6) is 0 Å². The summed E-state index contributed by atoms with van der Waals surface area (Å²) in [6.07, 6.45) is 7.47. The Labute approximate surface area is 271 Å². The summed E-state index contributed by atoms with van der Waals surface area (Å²) in [5.41, 5.74) is 9.84. The molecule has 6 N–H and O–H groups in total. The minimum absolute atomic E-state index is 0.0560. The van der Waals surface area contributed by atoms with Crippen LogP contribution in [0.1, 0.15) is 100 Å². The number of nitrogens with two attached hydrogens (primary N) is 2. The molecule has 9 nitrogen and oxygen atoms in total. The summed E-state index contributed by atoms with van der Waals surface area (Å²) < 4.78 is 0. The van der Waals surface area contributed by atoms with E-state index < -0.39 is 5.66 Å². The Balaban J connectivity index is 0.000000583. The van der Waals surface area contributed by atoms with E-state index in [9.17, 15) is 9.59 Å². The number of nitrogens with zero attached hydrogens (tertiary/aromatic N) is 3. The molecule has 1 amide bonds. The Kier molecular flexibility index (Phi) is 12.8. The number of amidine groups is 1. The number of aldehydes is 1. The predicted molar refractivity (Wildman–Crippen MR) is 181 cm³/mol. The van der Waals surface area contributed by atoms with Crippen LogP contribution in [0.2, 0.25) is 10.0 Å². The van der Waals surface area contributed by atoms with Gasteiger partial charge in [0.25, 0.3) is 5.91 Å². The molecule has 1 fully saturated rings. The number of carbonyl (C=O) groups is 2. The molecule has 1 spiro atoms. The van der Waals surface area contributed by atoms with E-state index in [0.717, 1.165) is 56.8 Å². The molecule has 0 radical (unpaired) electrons. The molecule has 1 aliphatic heterocycles. The lowest BCUT2D eigenvalue weighted by Gasteiger charge is -2.48. The maximum atomic E-state index is 14.2. The average molecular weight is 645 g/mol. The van der Waals surface area contributed by atoms with Crippen LogP contribution in [0.15, 0.2) is 52.6 Å². The molecular weight excluding hydrogens is 597 g/mol. The summed E-state index contributed by atoms with van der Waals surface area (Å²) in [6.45, 7) is 9.65. The zero-order valence-electron chi connectivity index (χ0n) is 26.5. The van der Waals surface area contributed by atoms with Gasteiger partial charge >= 0.3 is 0 Å². The minimum Gasteiger partial charge on any atom is -0.385 e. The number of amides is 1. The fourth-order valence-electron chi connectivity index (χ4n) is 6.20. The van der Waals surface area contributed by atoms with Crippen LogP contribution in [0.3, 0.4) is 0 Å². The van der Waals surface area contributed by atoms with E-state index in [1.807, 2.05) is 30.3 Å². The lowest BCUT2D eigenvalue weighted by atomic mass is 9.67. The van der Waals surface area contributed by atoms with E-state index in [-0.39, 0.29) is 17.4 Å². The number of likely N-dealkylation sites (N-methyl/N-ethyl adjacent to an activating group) is 1. The van der Waals surface area contributed by atoms with Crippen molar-refractivity contribution in [3.8, 4) is 0 Å². The number of rotatable bonds is 11. The van der Waals surface area contributed by atoms with Crippen molar-refractivity contribution >= 4 is 46.9 Å². The van der Waals surface area contributed by atoms with E-state index in [1.165, 1.54) is 0 Å². The van der Waals surface area contributed by atoms with Gasteiger partial charge in [-0.25, -0.2) is 11.4 Å². The molecule has 1 aliphatic carbocycles. The maximum absolute atomic E-state index is 14.2. The fraction of sp³-hybridized carbons (Fsp3) is 0.515. The summed E-state index contributed by atoms with van der Waals surface area (Å²) in [5.74, 6) is 5.80. The summed E-state index contributed by atoms with van der Waals surface area (Å²) >= 11 is 12.5. The molecule has 0 aromatic heterocycles. The Bertz CT molecular complexity index is 1340. The molecule has 44 heavy (non-hydrogen) atoms. The highest BCUT2D eigenvalue weighted by atomic mass is 35.5. The second-order valence-electron chi connectivity index (χ2n) is 12.2. The summed E-state index contributed by atoms with van der Waals surface area (Å²) in [7, 11) is 1.78. The first-order valence-corrected chi connectivity index (χ1v) is 16.1. The molecule has 240 valence electrons. The van der Waals surface area contributed by atoms with Gasteiger partial charge in [-0.3, -0.25) is 14.6 Å². The molecule has 11 heteroatoms. The van der Waals surface area contributed by atoms with Crippen LogP contribution in [-0.2, 0) is 4.79 Å². The van der Waals surface area contributed by atoms with Gasteiger partial charge in [0, 0.05) is 11.1 Å². The number of hydrazine groups is 1. The van der Waals surface area contributed by atoms with Crippen LogP contribution in [0, 0.1) is 11.3 Å². The molecule has 2 aromatic carbocycles. The van der Waals surface area contributed by atoms with Gasteiger partial charge in [-0.15, -0.1) is 0 Å². The number of hydrazone groups is 1. The molecule has 2 aromatic rings. The van der Waals surface area contributed by atoms with Gasteiger partial charge in [-0.2, -0.15) is 5.10 Å². The Morgan fingerprint density at radius 3 is 2.34 bits per heavy atom. The standard InChI is InChI=1S/C30H36Cl2N2O2.C3H11N5/c1-5-7-26(21-10-8-20(19-35)9-11-21)34-28(36)27(22-12-13-24(31)25(32)18-22)33-30(34)16-14-23(15-17-30)29(3,4)6-2;1-6-2-3(4)7-8-5/h8-13,18-19,23,26H,5-7,14-17H2,1-4H3;6,8H,2,5H2,1H3,(H2,4,7)/t23?,26-,30?;/m1./s1. The van der Waals surface area contributed by atoms with Gasteiger partial charge in [-0.1, -0.05) is 94.1 Å². The van der Waals surface area contributed by atoms with Crippen LogP contribution in [-0.4, -0.2) is 47.9 Å². The topological polar surface area (TPSA) is 138 Å². The number of nitrogens with one attached hydrogen (secondary N) is 2. The molecule has 4 rings (SSSR count). The van der Waals surface area contributed by atoms with Crippen molar-refractivity contribution in [1.82, 2.24) is 15.8 Å². The van der Waals surface area contributed by atoms with Gasteiger partial charge in [-0.05, 0) is 68.2 Å². The van der Waals surface area contributed by atoms with E-state index in [0.29, 0.717) is 45.2 Å². The highest BCUT2D eigenvalue weighted by Crippen LogP contribution is 2.50. The number of aliphatic imine (C=N–C) groups is 1. The van der Waals surface area contributed by atoms with Gasteiger partial charge in [0.15, 0.2) is 0 Å². The largest absolute Gasteiger partial charge is 0.385 e. The lowest BCUT2D eigenvalue weighted by Crippen LogP contribution is -2.51. The van der Waals surface area contributed by atoms with E-state index in [2.05, 4.69) is 48.5 Å². The second-order valence-corrected chi connectivity index (χ2v) is 13.0. The first-order valence-electron chi connectivity index (χ1n) is 15.3. The van der Waals surface area contributed by atoms with Crippen LogP contribution in [0.25, 0.3) is 0 Å². The van der Waals surface area contributed by atoms with Crippen molar-refractivity contribution < 1.29 is 9.59 Å². The highest BCUT2D eigenvalue weighted by Gasteiger charge is 2.52. The van der Waals surface area contributed by atoms with Crippen LogP contribution in [0.4, 0.5) is 0 Å². The van der Waals surface area contributed by atoms with E-state index in [4.69, 9.17) is 39.8 Å².